The zero-order chi connectivity index (χ0) is 11.2. The number of rotatable bonds is 3. The third kappa shape index (κ3) is 1.86. The highest BCUT2D eigenvalue weighted by molar-refractivity contribution is 7.07. The van der Waals surface area contributed by atoms with Crippen molar-refractivity contribution in [3.63, 3.8) is 0 Å². The molecule has 4 aliphatic carbocycles. The lowest BCUT2D eigenvalue weighted by atomic mass is 9.54. The van der Waals surface area contributed by atoms with E-state index in [2.05, 4.69) is 22.1 Å². The Bertz CT molecular complexity index is 356. The summed E-state index contributed by atoms with van der Waals surface area (Å²) in [5, 5.41) is 8.34. The van der Waals surface area contributed by atoms with Crippen molar-refractivity contribution in [2.75, 3.05) is 0 Å². The Morgan fingerprint density at radius 2 is 1.76 bits per heavy atom. The van der Waals surface area contributed by atoms with E-state index in [1.54, 1.807) is 6.42 Å². The lowest BCUT2D eigenvalue weighted by Crippen LogP contribution is -2.54. The van der Waals surface area contributed by atoms with E-state index in [9.17, 15) is 0 Å². The lowest BCUT2D eigenvalue weighted by Gasteiger charge is -2.54. The lowest BCUT2D eigenvalue weighted by molar-refractivity contribution is -0.0142. The zero-order valence-electron chi connectivity index (χ0n) is 10.3. The van der Waals surface area contributed by atoms with Gasteiger partial charge in [-0.15, -0.1) is 0 Å². The van der Waals surface area contributed by atoms with E-state index >= 15 is 0 Å². The second kappa shape index (κ2) is 4.10. The van der Waals surface area contributed by atoms with Gasteiger partial charge in [-0.2, -0.15) is 11.3 Å². The van der Waals surface area contributed by atoms with Crippen LogP contribution in [0.15, 0.2) is 16.8 Å². The van der Waals surface area contributed by atoms with Crippen molar-refractivity contribution >= 4 is 11.3 Å². The summed E-state index contributed by atoms with van der Waals surface area (Å²) in [5.74, 6) is 4.20. The molecule has 4 aliphatic rings. The summed E-state index contributed by atoms with van der Waals surface area (Å²) < 4.78 is 0. The molecule has 0 spiro atoms. The maximum atomic E-state index is 3.87. The van der Waals surface area contributed by atoms with Crippen LogP contribution >= 0.6 is 11.3 Å². The first kappa shape index (κ1) is 10.6. The molecule has 0 atom stereocenters. The van der Waals surface area contributed by atoms with Crippen LogP contribution in [-0.4, -0.2) is 6.04 Å². The Labute approximate surface area is 108 Å². The largest absolute Gasteiger partial charge is 0.309 e. The van der Waals surface area contributed by atoms with Crippen molar-refractivity contribution in [3.8, 4) is 0 Å². The first-order valence-corrected chi connectivity index (χ1v) is 8.07. The number of nitrogens with one attached hydrogen (secondary N) is 1. The van der Waals surface area contributed by atoms with Gasteiger partial charge in [0, 0.05) is 12.6 Å². The molecule has 5 rings (SSSR count). The van der Waals surface area contributed by atoms with Gasteiger partial charge in [0.25, 0.3) is 0 Å². The quantitative estimate of drug-likeness (QED) is 0.859. The molecule has 4 bridgehead atoms. The van der Waals surface area contributed by atoms with Gasteiger partial charge in [-0.05, 0) is 78.2 Å². The van der Waals surface area contributed by atoms with Gasteiger partial charge in [0.15, 0.2) is 0 Å². The topological polar surface area (TPSA) is 12.0 Å². The smallest absolute Gasteiger partial charge is 0.0216 e. The molecule has 4 fully saturated rings. The summed E-state index contributed by atoms with van der Waals surface area (Å²) in [6, 6.07) is 3.09. The molecule has 0 aromatic carbocycles. The van der Waals surface area contributed by atoms with Crippen LogP contribution in [0.2, 0.25) is 0 Å². The molecule has 0 unspecified atom stereocenters. The van der Waals surface area contributed by atoms with Crippen molar-refractivity contribution in [2.45, 2.75) is 44.7 Å². The Morgan fingerprint density at radius 1 is 1.06 bits per heavy atom. The van der Waals surface area contributed by atoms with E-state index in [0.29, 0.717) is 0 Å². The van der Waals surface area contributed by atoms with Gasteiger partial charge in [0.1, 0.15) is 0 Å². The van der Waals surface area contributed by atoms with Gasteiger partial charge >= 0.3 is 0 Å². The molecular weight excluding hydrogens is 226 g/mol. The van der Waals surface area contributed by atoms with Gasteiger partial charge < -0.3 is 5.32 Å². The molecule has 1 aromatic heterocycles. The average molecular weight is 247 g/mol. The fourth-order valence-electron chi connectivity index (χ4n) is 4.89. The second-order valence-corrected chi connectivity index (χ2v) is 7.25. The van der Waals surface area contributed by atoms with Crippen LogP contribution in [0.1, 0.15) is 37.7 Å². The second-order valence-electron chi connectivity index (χ2n) is 6.47. The molecular formula is C15H21NS. The van der Waals surface area contributed by atoms with E-state index in [4.69, 9.17) is 0 Å². The van der Waals surface area contributed by atoms with Crippen LogP contribution in [0.5, 0.6) is 0 Å². The normalized spacial score (nSPS) is 43.2. The molecule has 1 aromatic rings. The minimum absolute atomic E-state index is 0.836. The summed E-state index contributed by atoms with van der Waals surface area (Å²) in [4.78, 5) is 0. The van der Waals surface area contributed by atoms with E-state index in [0.717, 1.165) is 36.3 Å². The molecule has 1 nitrogen and oxygen atoms in total. The van der Waals surface area contributed by atoms with Crippen molar-refractivity contribution < 1.29 is 0 Å². The molecule has 0 saturated heterocycles. The van der Waals surface area contributed by atoms with E-state index in [1.165, 1.54) is 31.2 Å². The third-order valence-electron chi connectivity index (χ3n) is 5.35. The fourth-order valence-corrected chi connectivity index (χ4v) is 5.56. The number of hydrogen-bond donors (Lipinski definition) is 1. The van der Waals surface area contributed by atoms with Crippen LogP contribution in [-0.2, 0) is 6.54 Å². The van der Waals surface area contributed by atoms with Gasteiger partial charge in [-0.25, -0.2) is 0 Å². The molecule has 1 N–H and O–H groups in total. The standard InChI is InChI=1S/C15H21NS/c1-2-17-9-10(1)8-16-15-13-4-11-3-12(6-13)7-14(15)5-11/h1-2,9,11-16H,3-8H2. The minimum Gasteiger partial charge on any atom is -0.309 e. The predicted octanol–water partition coefficient (Wildman–Crippen LogP) is 3.66. The average Bonchev–Trinajstić information content (AvgIpc) is 2.80. The highest BCUT2D eigenvalue weighted by Gasteiger charge is 2.47. The Balaban J connectivity index is 1.44. The maximum Gasteiger partial charge on any atom is 0.0216 e. The van der Waals surface area contributed by atoms with Gasteiger partial charge in [-0.3, -0.25) is 0 Å². The SMILES string of the molecule is c1cc(CNC2C3CC4CC(C3)CC2C4)cs1. The summed E-state index contributed by atoms with van der Waals surface area (Å²) in [7, 11) is 0. The maximum absolute atomic E-state index is 3.87. The first-order valence-electron chi connectivity index (χ1n) is 7.13. The van der Waals surface area contributed by atoms with Crippen LogP contribution < -0.4 is 5.32 Å². The molecule has 0 amide bonds. The molecule has 1 heterocycles. The summed E-state index contributed by atoms with van der Waals surface area (Å²) in [6.45, 7) is 1.09. The third-order valence-corrected chi connectivity index (χ3v) is 6.08. The van der Waals surface area contributed by atoms with Crippen molar-refractivity contribution in [1.29, 1.82) is 0 Å². The number of hydrogen-bond acceptors (Lipinski definition) is 2. The summed E-state index contributed by atoms with van der Waals surface area (Å²) in [6.07, 6.45) is 7.65. The van der Waals surface area contributed by atoms with Crippen molar-refractivity contribution in [2.24, 2.45) is 23.7 Å². The molecule has 92 valence electrons. The minimum atomic E-state index is 0.836. The summed E-state index contributed by atoms with van der Waals surface area (Å²) >= 11 is 1.81. The predicted molar refractivity (Wildman–Crippen MR) is 72.0 cm³/mol. The monoisotopic (exact) mass is 247 g/mol. The summed E-state index contributed by atoms with van der Waals surface area (Å²) in [5.41, 5.74) is 1.48. The van der Waals surface area contributed by atoms with Crippen molar-refractivity contribution in [3.05, 3.63) is 22.4 Å². The van der Waals surface area contributed by atoms with Crippen LogP contribution in [0.25, 0.3) is 0 Å². The Kier molecular flexibility index (Phi) is 2.55. The first-order chi connectivity index (χ1) is 8.38. The van der Waals surface area contributed by atoms with E-state index < -0.39 is 0 Å². The molecule has 0 radical (unpaired) electrons. The van der Waals surface area contributed by atoms with Crippen molar-refractivity contribution in [1.82, 2.24) is 5.32 Å². The molecule has 0 aliphatic heterocycles. The van der Waals surface area contributed by atoms with Gasteiger partial charge in [0.2, 0.25) is 0 Å². The number of thiophene rings is 1. The highest BCUT2D eigenvalue weighted by Crippen LogP contribution is 2.53. The van der Waals surface area contributed by atoms with Gasteiger partial charge in [-0.1, -0.05) is 0 Å². The highest BCUT2D eigenvalue weighted by atomic mass is 32.1. The van der Waals surface area contributed by atoms with Crippen LogP contribution in [0.4, 0.5) is 0 Å². The van der Waals surface area contributed by atoms with Gasteiger partial charge in [0.05, 0.1) is 0 Å². The van der Waals surface area contributed by atoms with Crippen LogP contribution in [0.3, 0.4) is 0 Å². The zero-order valence-corrected chi connectivity index (χ0v) is 11.1. The Morgan fingerprint density at radius 3 is 2.35 bits per heavy atom. The molecule has 17 heavy (non-hydrogen) atoms. The molecule has 4 saturated carbocycles. The van der Waals surface area contributed by atoms with Crippen LogP contribution in [0, 0.1) is 23.7 Å². The molecule has 2 heteroatoms. The van der Waals surface area contributed by atoms with E-state index in [1.807, 2.05) is 11.3 Å². The fraction of sp³-hybridized carbons (Fsp3) is 0.733. The Hall–Kier alpha value is -0.340. The van der Waals surface area contributed by atoms with E-state index in [-0.39, 0.29) is 0 Å².